The highest BCUT2D eigenvalue weighted by Gasteiger charge is 2.34. The molecule has 1 saturated heterocycles. The lowest BCUT2D eigenvalue weighted by Crippen LogP contribution is -2.49. The van der Waals surface area contributed by atoms with Crippen molar-refractivity contribution in [1.29, 1.82) is 0 Å². The van der Waals surface area contributed by atoms with Gasteiger partial charge in [0, 0.05) is 38.0 Å². The second-order valence-corrected chi connectivity index (χ2v) is 4.62. The number of nitrogens with two attached hydrogens (primary N) is 1. The number of rotatable bonds is 2. The summed E-state index contributed by atoms with van der Waals surface area (Å²) in [4.78, 5) is 2.01. The zero-order valence-corrected chi connectivity index (χ0v) is 8.32. The molecule has 1 heterocycles. The molecule has 2 N–H and O–H groups in total. The average molecular weight is 192 g/mol. The maximum atomic E-state index is 12.8. The van der Waals surface area contributed by atoms with Crippen LogP contribution in [0, 0.1) is 0 Å². The molecule has 13 heavy (non-hydrogen) atoms. The minimum atomic E-state index is -2.45. The average Bonchev–Trinajstić information content (AvgIpc) is 1.91. The Morgan fingerprint density at radius 3 is 2.15 bits per heavy atom. The fourth-order valence-electron chi connectivity index (χ4n) is 1.61. The minimum absolute atomic E-state index is 0.0247. The second-order valence-electron chi connectivity index (χ2n) is 4.62. The van der Waals surface area contributed by atoms with E-state index in [4.69, 9.17) is 5.73 Å². The quantitative estimate of drug-likeness (QED) is 0.717. The molecule has 78 valence electrons. The molecule has 0 atom stereocenters. The van der Waals surface area contributed by atoms with Crippen LogP contribution in [-0.4, -0.2) is 36.0 Å². The summed E-state index contributed by atoms with van der Waals surface area (Å²) in [6.07, 6.45) is -0.0494. The number of hydrogen-bond acceptors (Lipinski definition) is 2. The van der Waals surface area contributed by atoms with Gasteiger partial charge in [0.2, 0.25) is 0 Å². The maximum Gasteiger partial charge on any atom is 0.250 e. The minimum Gasteiger partial charge on any atom is -0.324 e. The molecule has 0 bridgehead atoms. The lowest BCUT2D eigenvalue weighted by atomic mass is 10.0. The highest BCUT2D eigenvalue weighted by atomic mass is 19.3. The number of likely N-dealkylation sites (tertiary alicyclic amines) is 1. The molecule has 0 aromatic heterocycles. The number of piperidine rings is 1. The first-order valence-electron chi connectivity index (χ1n) is 4.68. The van der Waals surface area contributed by atoms with E-state index in [1.165, 1.54) is 0 Å². The summed E-state index contributed by atoms with van der Waals surface area (Å²) in [5, 5.41) is 0. The summed E-state index contributed by atoms with van der Waals surface area (Å²) in [5.74, 6) is -2.45. The summed E-state index contributed by atoms with van der Waals surface area (Å²) in [7, 11) is 0. The summed E-state index contributed by atoms with van der Waals surface area (Å²) in [5.41, 5.74) is 5.52. The van der Waals surface area contributed by atoms with E-state index in [-0.39, 0.29) is 18.4 Å². The standard InChI is InChI=1S/C9H18F2N2/c1-8(2,12)7-13-5-3-9(10,11)4-6-13/h3-7,12H2,1-2H3. The Morgan fingerprint density at radius 2 is 1.77 bits per heavy atom. The molecule has 4 heteroatoms. The molecule has 0 aliphatic carbocycles. The molecule has 0 aromatic carbocycles. The van der Waals surface area contributed by atoms with Crippen molar-refractivity contribution in [1.82, 2.24) is 4.90 Å². The first-order chi connectivity index (χ1) is 5.79. The van der Waals surface area contributed by atoms with Gasteiger partial charge < -0.3 is 10.6 Å². The van der Waals surface area contributed by atoms with Gasteiger partial charge in [-0.05, 0) is 13.8 Å². The molecule has 0 amide bonds. The Labute approximate surface area is 78.1 Å². The van der Waals surface area contributed by atoms with E-state index in [0.717, 1.165) is 0 Å². The van der Waals surface area contributed by atoms with Gasteiger partial charge in [0.15, 0.2) is 0 Å². The van der Waals surface area contributed by atoms with Gasteiger partial charge in [-0.3, -0.25) is 0 Å². The van der Waals surface area contributed by atoms with Crippen LogP contribution in [0.2, 0.25) is 0 Å². The van der Waals surface area contributed by atoms with Crippen molar-refractivity contribution in [2.45, 2.75) is 38.2 Å². The molecule has 0 spiro atoms. The number of alkyl halides is 2. The Kier molecular flexibility index (Phi) is 2.92. The zero-order valence-electron chi connectivity index (χ0n) is 8.32. The second kappa shape index (κ2) is 3.50. The van der Waals surface area contributed by atoms with Crippen LogP contribution in [0.5, 0.6) is 0 Å². The Morgan fingerprint density at radius 1 is 1.31 bits per heavy atom. The summed E-state index contributed by atoms with van der Waals surface area (Å²) in [6, 6.07) is 0. The van der Waals surface area contributed by atoms with Gasteiger partial charge in [-0.15, -0.1) is 0 Å². The molecule has 0 aromatic rings. The zero-order chi connectivity index (χ0) is 10.1. The van der Waals surface area contributed by atoms with E-state index in [0.29, 0.717) is 19.6 Å². The SMILES string of the molecule is CC(C)(N)CN1CCC(F)(F)CC1. The molecule has 1 rings (SSSR count). The molecular weight excluding hydrogens is 174 g/mol. The molecule has 0 radical (unpaired) electrons. The van der Waals surface area contributed by atoms with Crippen LogP contribution < -0.4 is 5.73 Å². The van der Waals surface area contributed by atoms with Gasteiger partial charge in [0.05, 0.1) is 0 Å². The van der Waals surface area contributed by atoms with E-state index in [1.54, 1.807) is 0 Å². The third-order valence-electron chi connectivity index (χ3n) is 2.22. The summed E-state index contributed by atoms with van der Waals surface area (Å²) in [6.45, 7) is 5.46. The molecule has 1 aliphatic rings. The van der Waals surface area contributed by atoms with Gasteiger partial charge in [-0.2, -0.15) is 0 Å². The topological polar surface area (TPSA) is 29.3 Å². The fourth-order valence-corrected chi connectivity index (χ4v) is 1.61. The summed E-state index contributed by atoms with van der Waals surface area (Å²) >= 11 is 0. The number of hydrogen-bond donors (Lipinski definition) is 1. The normalized spacial score (nSPS) is 24.7. The fraction of sp³-hybridized carbons (Fsp3) is 1.00. The predicted molar refractivity (Wildman–Crippen MR) is 48.9 cm³/mol. The third kappa shape index (κ3) is 4.00. The van der Waals surface area contributed by atoms with Crippen LogP contribution in [0.25, 0.3) is 0 Å². The molecule has 2 nitrogen and oxygen atoms in total. The highest BCUT2D eigenvalue weighted by molar-refractivity contribution is 4.83. The summed E-state index contributed by atoms with van der Waals surface area (Å²) < 4.78 is 25.5. The first-order valence-corrected chi connectivity index (χ1v) is 4.68. The van der Waals surface area contributed by atoms with Crippen LogP contribution >= 0.6 is 0 Å². The third-order valence-corrected chi connectivity index (χ3v) is 2.22. The van der Waals surface area contributed by atoms with Crippen LogP contribution in [-0.2, 0) is 0 Å². The molecular formula is C9H18F2N2. The van der Waals surface area contributed by atoms with Gasteiger partial charge >= 0.3 is 0 Å². The van der Waals surface area contributed by atoms with Crippen molar-refractivity contribution in [2.24, 2.45) is 5.73 Å². The van der Waals surface area contributed by atoms with Crippen molar-refractivity contribution < 1.29 is 8.78 Å². The lowest BCUT2D eigenvalue weighted by molar-refractivity contribution is -0.0574. The Hall–Kier alpha value is -0.220. The van der Waals surface area contributed by atoms with Gasteiger partial charge in [-0.1, -0.05) is 0 Å². The number of nitrogens with zero attached hydrogens (tertiary/aromatic N) is 1. The van der Waals surface area contributed by atoms with E-state index in [2.05, 4.69) is 0 Å². The molecule has 0 saturated carbocycles. The van der Waals surface area contributed by atoms with E-state index in [9.17, 15) is 8.78 Å². The monoisotopic (exact) mass is 192 g/mol. The van der Waals surface area contributed by atoms with Crippen molar-refractivity contribution in [2.75, 3.05) is 19.6 Å². The maximum absolute atomic E-state index is 12.8. The Balaban J connectivity index is 2.34. The van der Waals surface area contributed by atoms with Crippen molar-refractivity contribution in [3.63, 3.8) is 0 Å². The predicted octanol–water partition coefficient (Wildman–Crippen LogP) is 1.45. The van der Waals surface area contributed by atoms with E-state index >= 15 is 0 Å². The number of halogens is 2. The van der Waals surface area contributed by atoms with E-state index in [1.807, 2.05) is 18.7 Å². The smallest absolute Gasteiger partial charge is 0.250 e. The van der Waals surface area contributed by atoms with Crippen molar-refractivity contribution in [3.8, 4) is 0 Å². The Bertz CT molecular complexity index is 165. The van der Waals surface area contributed by atoms with Crippen LogP contribution in [0.4, 0.5) is 8.78 Å². The van der Waals surface area contributed by atoms with Crippen molar-refractivity contribution in [3.05, 3.63) is 0 Å². The van der Waals surface area contributed by atoms with Crippen LogP contribution in [0.3, 0.4) is 0 Å². The van der Waals surface area contributed by atoms with Gasteiger partial charge in [0.1, 0.15) is 0 Å². The van der Waals surface area contributed by atoms with Gasteiger partial charge in [0.25, 0.3) is 5.92 Å². The molecule has 1 fully saturated rings. The van der Waals surface area contributed by atoms with Gasteiger partial charge in [-0.25, -0.2) is 8.78 Å². The highest BCUT2D eigenvalue weighted by Crippen LogP contribution is 2.27. The van der Waals surface area contributed by atoms with Crippen LogP contribution in [0.1, 0.15) is 26.7 Å². The lowest BCUT2D eigenvalue weighted by Gasteiger charge is -2.35. The molecule has 0 unspecified atom stereocenters. The largest absolute Gasteiger partial charge is 0.324 e. The van der Waals surface area contributed by atoms with Crippen molar-refractivity contribution >= 4 is 0 Å². The van der Waals surface area contributed by atoms with Crippen LogP contribution in [0.15, 0.2) is 0 Å². The molecule has 1 aliphatic heterocycles. The van der Waals surface area contributed by atoms with E-state index < -0.39 is 5.92 Å². The first kappa shape index (κ1) is 10.9.